The zero-order valence-corrected chi connectivity index (χ0v) is 11.9. The number of ketones is 1. The van der Waals surface area contributed by atoms with E-state index < -0.39 is 21.5 Å². The molecule has 5 heteroatoms. The average molecular weight is 282 g/mol. The van der Waals surface area contributed by atoms with E-state index in [-0.39, 0.29) is 11.7 Å². The second-order valence-electron chi connectivity index (χ2n) is 5.46. The Hall–Kier alpha value is -1.20. The van der Waals surface area contributed by atoms with Gasteiger partial charge in [0.1, 0.15) is 5.75 Å². The molecule has 2 rings (SSSR count). The molecule has 4 nitrogen and oxygen atoms in total. The molecule has 0 bridgehead atoms. The Balaban J connectivity index is 2.34. The number of Topliss-reactive ketones (excluding diaryl/α,β-unsaturated/α-hetero) is 1. The predicted octanol–water partition coefficient (Wildman–Crippen LogP) is 1.94. The van der Waals surface area contributed by atoms with Crippen molar-refractivity contribution in [2.75, 3.05) is 5.75 Å². The van der Waals surface area contributed by atoms with Crippen molar-refractivity contribution in [3.63, 3.8) is 0 Å². The Morgan fingerprint density at radius 3 is 2.37 bits per heavy atom. The van der Waals surface area contributed by atoms with Gasteiger partial charge in [0.2, 0.25) is 0 Å². The van der Waals surface area contributed by atoms with Gasteiger partial charge in [0, 0.05) is 6.42 Å². The Bertz CT molecular complexity index is 562. The molecule has 0 aromatic heterocycles. The summed E-state index contributed by atoms with van der Waals surface area (Å²) in [6, 6.07) is 9.37. The first-order valence-corrected chi connectivity index (χ1v) is 7.91. The fraction of sp³-hybridized carbons (Fsp3) is 0.500. The van der Waals surface area contributed by atoms with Gasteiger partial charge < -0.3 is 0 Å². The molecule has 1 saturated heterocycles. The van der Waals surface area contributed by atoms with Gasteiger partial charge in [0.05, 0.1) is 0 Å². The van der Waals surface area contributed by atoms with E-state index >= 15 is 0 Å². The SMILES string of the molecule is CC(C)CC1(Cc2ccccc2)OS(=O)(=O)CC1=O. The maximum Gasteiger partial charge on any atom is 0.275 e. The Labute approximate surface area is 113 Å². The number of rotatable bonds is 4. The first kappa shape index (κ1) is 14.2. The van der Waals surface area contributed by atoms with E-state index in [1.54, 1.807) is 0 Å². The van der Waals surface area contributed by atoms with Crippen molar-refractivity contribution in [2.45, 2.75) is 32.3 Å². The first-order chi connectivity index (χ1) is 8.83. The third kappa shape index (κ3) is 3.22. The Kier molecular flexibility index (Phi) is 3.78. The lowest BCUT2D eigenvalue weighted by molar-refractivity contribution is -0.129. The Morgan fingerprint density at radius 2 is 1.89 bits per heavy atom. The van der Waals surface area contributed by atoms with Crippen LogP contribution in [-0.4, -0.2) is 25.6 Å². The van der Waals surface area contributed by atoms with Crippen molar-refractivity contribution in [3.05, 3.63) is 35.9 Å². The van der Waals surface area contributed by atoms with Crippen molar-refractivity contribution in [1.82, 2.24) is 0 Å². The molecule has 1 aliphatic rings. The number of carbonyl (C=O) groups excluding carboxylic acids is 1. The Morgan fingerprint density at radius 1 is 1.26 bits per heavy atom. The minimum Gasteiger partial charge on any atom is -0.295 e. The maximum absolute atomic E-state index is 12.1. The highest BCUT2D eigenvalue weighted by Crippen LogP contribution is 2.34. The summed E-state index contributed by atoms with van der Waals surface area (Å²) < 4.78 is 28.4. The highest BCUT2D eigenvalue weighted by Gasteiger charge is 2.51. The normalized spacial score (nSPS) is 25.9. The standard InChI is InChI=1S/C14H18O4S/c1-11(2)8-14(9-12-6-4-3-5-7-12)13(15)10-19(16,17)18-14/h3-7,11H,8-10H2,1-2H3. The van der Waals surface area contributed by atoms with Crippen LogP contribution < -0.4 is 0 Å². The molecule has 0 aliphatic carbocycles. The van der Waals surface area contributed by atoms with E-state index in [0.717, 1.165) is 5.56 Å². The van der Waals surface area contributed by atoms with Crippen LogP contribution in [0.2, 0.25) is 0 Å². The number of benzene rings is 1. The maximum atomic E-state index is 12.1. The van der Waals surface area contributed by atoms with Crippen LogP contribution in [0.1, 0.15) is 25.8 Å². The van der Waals surface area contributed by atoms with Crippen LogP contribution in [0.15, 0.2) is 30.3 Å². The third-order valence-corrected chi connectivity index (χ3v) is 4.36. The van der Waals surface area contributed by atoms with Gasteiger partial charge in [0.15, 0.2) is 11.4 Å². The second kappa shape index (κ2) is 5.06. The molecule has 1 aromatic rings. The molecule has 1 atom stereocenters. The zero-order valence-electron chi connectivity index (χ0n) is 11.1. The van der Waals surface area contributed by atoms with Gasteiger partial charge in [-0.2, -0.15) is 8.42 Å². The van der Waals surface area contributed by atoms with Gasteiger partial charge in [-0.15, -0.1) is 0 Å². The van der Waals surface area contributed by atoms with Crippen LogP contribution in [0.4, 0.5) is 0 Å². The van der Waals surface area contributed by atoms with E-state index in [4.69, 9.17) is 4.18 Å². The molecule has 0 spiro atoms. The van der Waals surface area contributed by atoms with Crippen LogP contribution >= 0.6 is 0 Å². The lowest BCUT2D eigenvalue weighted by Crippen LogP contribution is -2.40. The summed E-state index contributed by atoms with van der Waals surface area (Å²) >= 11 is 0. The zero-order chi connectivity index (χ0) is 14.1. The van der Waals surface area contributed by atoms with E-state index in [2.05, 4.69) is 0 Å². The van der Waals surface area contributed by atoms with Crippen molar-refractivity contribution in [2.24, 2.45) is 5.92 Å². The van der Waals surface area contributed by atoms with Gasteiger partial charge >= 0.3 is 0 Å². The quantitative estimate of drug-likeness (QED) is 0.792. The van der Waals surface area contributed by atoms with Crippen LogP contribution in [0.25, 0.3) is 0 Å². The molecule has 104 valence electrons. The lowest BCUT2D eigenvalue weighted by atomic mass is 9.84. The molecule has 1 aliphatic heterocycles. The van der Waals surface area contributed by atoms with Gasteiger partial charge in [-0.05, 0) is 17.9 Å². The molecule has 1 fully saturated rings. The fourth-order valence-electron chi connectivity index (χ4n) is 2.54. The van der Waals surface area contributed by atoms with Crippen LogP contribution in [0, 0.1) is 5.92 Å². The monoisotopic (exact) mass is 282 g/mol. The summed E-state index contributed by atoms with van der Waals surface area (Å²) in [6.07, 6.45) is 0.726. The van der Waals surface area contributed by atoms with E-state index in [0.29, 0.717) is 12.8 Å². The molecule has 19 heavy (non-hydrogen) atoms. The third-order valence-electron chi connectivity index (χ3n) is 3.17. The fourth-order valence-corrected chi connectivity index (χ4v) is 3.89. The molecule has 1 heterocycles. The van der Waals surface area contributed by atoms with Gasteiger partial charge in [-0.25, -0.2) is 0 Å². The highest BCUT2D eigenvalue weighted by molar-refractivity contribution is 7.88. The molecule has 1 aromatic carbocycles. The minimum atomic E-state index is -3.72. The van der Waals surface area contributed by atoms with Gasteiger partial charge in [-0.1, -0.05) is 44.2 Å². The summed E-state index contributed by atoms with van der Waals surface area (Å²) in [6.45, 7) is 3.91. The van der Waals surface area contributed by atoms with Crippen LogP contribution in [-0.2, 0) is 25.5 Å². The minimum absolute atomic E-state index is 0.181. The molecule has 0 amide bonds. The molecule has 1 unspecified atom stereocenters. The van der Waals surface area contributed by atoms with Crippen molar-refractivity contribution < 1.29 is 17.4 Å². The highest BCUT2D eigenvalue weighted by atomic mass is 32.2. The molecule has 0 N–H and O–H groups in total. The van der Waals surface area contributed by atoms with Crippen molar-refractivity contribution in [1.29, 1.82) is 0 Å². The van der Waals surface area contributed by atoms with E-state index in [9.17, 15) is 13.2 Å². The van der Waals surface area contributed by atoms with Gasteiger partial charge in [-0.3, -0.25) is 8.98 Å². The number of hydrogen-bond acceptors (Lipinski definition) is 4. The number of carbonyl (C=O) groups is 1. The average Bonchev–Trinajstić information content (AvgIpc) is 2.48. The summed E-state index contributed by atoms with van der Waals surface area (Å²) in [5.41, 5.74) is -0.303. The molecular formula is C14H18O4S. The topological polar surface area (TPSA) is 60.4 Å². The predicted molar refractivity (Wildman–Crippen MR) is 72.2 cm³/mol. The van der Waals surface area contributed by atoms with Crippen LogP contribution in [0.3, 0.4) is 0 Å². The van der Waals surface area contributed by atoms with E-state index in [1.165, 1.54) is 0 Å². The summed E-state index contributed by atoms with van der Waals surface area (Å²) in [5.74, 6) is -0.655. The largest absolute Gasteiger partial charge is 0.295 e. The summed E-state index contributed by atoms with van der Waals surface area (Å²) in [4.78, 5) is 12.1. The van der Waals surface area contributed by atoms with E-state index in [1.807, 2.05) is 44.2 Å². The molecule has 0 radical (unpaired) electrons. The van der Waals surface area contributed by atoms with Gasteiger partial charge in [0.25, 0.3) is 10.1 Å². The second-order valence-corrected chi connectivity index (χ2v) is 7.03. The first-order valence-electron chi connectivity index (χ1n) is 6.33. The lowest BCUT2D eigenvalue weighted by Gasteiger charge is -2.27. The smallest absolute Gasteiger partial charge is 0.275 e. The molecular weight excluding hydrogens is 264 g/mol. The van der Waals surface area contributed by atoms with Crippen molar-refractivity contribution >= 4 is 15.9 Å². The van der Waals surface area contributed by atoms with Crippen LogP contribution in [0.5, 0.6) is 0 Å². The summed E-state index contributed by atoms with van der Waals surface area (Å²) in [5, 5.41) is 0. The summed E-state index contributed by atoms with van der Waals surface area (Å²) in [7, 11) is -3.72. The number of hydrogen-bond donors (Lipinski definition) is 0. The molecule has 0 saturated carbocycles. The van der Waals surface area contributed by atoms with Crippen molar-refractivity contribution in [3.8, 4) is 0 Å².